The van der Waals surface area contributed by atoms with Crippen LogP contribution in [0.5, 0.6) is 0 Å². The molecule has 5 heteroatoms. The van der Waals surface area contributed by atoms with E-state index >= 15 is 0 Å². The van der Waals surface area contributed by atoms with Crippen LogP contribution in [0.3, 0.4) is 0 Å². The van der Waals surface area contributed by atoms with E-state index in [1.54, 1.807) is 6.20 Å². The van der Waals surface area contributed by atoms with Gasteiger partial charge in [-0.3, -0.25) is 0 Å². The van der Waals surface area contributed by atoms with Crippen LogP contribution < -0.4 is 10.2 Å². The van der Waals surface area contributed by atoms with Crippen LogP contribution in [0.15, 0.2) is 6.20 Å². The minimum atomic E-state index is 0.619. The van der Waals surface area contributed by atoms with E-state index in [1.165, 1.54) is 25.7 Å². The zero-order valence-electron chi connectivity index (χ0n) is 8.69. The molecule has 1 saturated heterocycles. The van der Waals surface area contributed by atoms with Crippen LogP contribution in [0, 0.1) is 0 Å². The van der Waals surface area contributed by atoms with Gasteiger partial charge in [-0.05, 0) is 25.7 Å². The Morgan fingerprint density at radius 3 is 2.80 bits per heavy atom. The van der Waals surface area contributed by atoms with Crippen molar-refractivity contribution in [3.05, 3.63) is 6.20 Å². The second kappa shape index (κ2) is 3.64. The SMILES string of the molecule is c1nnc(N2CCCC2)nc1NC1CC1. The van der Waals surface area contributed by atoms with Crippen LogP contribution in [0.2, 0.25) is 0 Å². The summed E-state index contributed by atoms with van der Waals surface area (Å²) in [6.45, 7) is 2.13. The highest BCUT2D eigenvalue weighted by molar-refractivity contribution is 5.40. The van der Waals surface area contributed by atoms with Crippen LogP contribution in [-0.4, -0.2) is 34.3 Å². The van der Waals surface area contributed by atoms with Gasteiger partial charge < -0.3 is 10.2 Å². The first-order valence-electron chi connectivity index (χ1n) is 5.63. The van der Waals surface area contributed by atoms with E-state index in [-0.39, 0.29) is 0 Å². The highest BCUT2D eigenvalue weighted by Gasteiger charge is 2.22. The largest absolute Gasteiger partial charge is 0.366 e. The molecule has 0 spiro atoms. The molecular formula is C10H15N5. The predicted octanol–water partition coefficient (Wildman–Crippen LogP) is 1.05. The lowest BCUT2D eigenvalue weighted by Gasteiger charge is -2.14. The summed E-state index contributed by atoms with van der Waals surface area (Å²) in [6, 6.07) is 0.619. The van der Waals surface area contributed by atoms with Crippen molar-refractivity contribution in [1.82, 2.24) is 15.2 Å². The summed E-state index contributed by atoms with van der Waals surface area (Å²) < 4.78 is 0. The molecule has 1 saturated carbocycles. The first-order valence-corrected chi connectivity index (χ1v) is 5.63. The van der Waals surface area contributed by atoms with Crippen molar-refractivity contribution >= 4 is 11.8 Å². The van der Waals surface area contributed by atoms with Crippen molar-refractivity contribution < 1.29 is 0 Å². The fourth-order valence-corrected chi connectivity index (χ4v) is 1.85. The van der Waals surface area contributed by atoms with Crippen LogP contribution >= 0.6 is 0 Å². The second-order valence-corrected chi connectivity index (χ2v) is 4.25. The third-order valence-corrected chi connectivity index (χ3v) is 2.87. The highest BCUT2D eigenvalue weighted by Crippen LogP contribution is 2.24. The van der Waals surface area contributed by atoms with Crippen molar-refractivity contribution in [3.8, 4) is 0 Å². The van der Waals surface area contributed by atoms with E-state index in [4.69, 9.17) is 0 Å². The minimum absolute atomic E-state index is 0.619. The zero-order chi connectivity index (χ0) is 10.1. The number of nitrogens with one attached hydrogen (secondary N) is 1. The molecule has 1 N–H and O–H groups in total. The molecule has 1 aromatic rings. The van der Waals surface area contributed by atoms with Crippen LogP contribution in [0.1, 0.15) is 25.7 Å². The Bertz CT molecular complexity index is 343. The molecule has 2 fully saturated rings. The van der Waals surface area contributed by atoms with Crippen molar-refractivity contribution in [2.24, 2.45) is 0 Å². The maximum atomic E-state index is 4.48. The number of hydrogen-bond acceptors (Lipinski definition) is 5. The summed E-state index contributed by atoms with van der Waals surface area (Å²) >= 11 is 0. The van der Waals surface area contributed by atoms with Gasteiger partial charge in [0.25, 0.3) is 0 Å². The lowest BCUT2D eigenvalue weighted by molar-refractivity contribution is 0.848. The van der Waals surface area contributed by atoms with Gasteiger partial charge in [-0.15, -0.1) is 5.10 Å². The number of aromatic nitrogens is 3. The summed E-state index contributed by atoms with van der Waals surface area (Å²) in [5.74, 6) is 1.65. The van der Waals surface area contributed by atoms with Gasteiger partial charge in [0, 0.05) is 19.1 Å². The summed E-state index contributed by atoms with van der Waals surface area (Å²) in [6.07, 6.45) is 6.69. The van der Waals surface area contributed by atoms with Crippen LogP contribution in [-0.2, 0) is 0 Å². The van der Waals surface area contributed by atoms with Gasteiger partial charge >= 0.3 is 0 Å². The molecular weight excluding hydrogens is 190 g/mol. The molecule has 3 rings (SSSR count). The predicted molar refractivity (Wildman–Crippen MR) is 57.9 cm³/mol. The third kappa shape index (κ3) is 2.00. The first-order chi connectivity index (χ1) is 7.42. The van der Waals surface area contributed by atoms with Gasteiger partial charge in [-0.1, -0.05) is 0 Å². The number of nitrogens with zero attached hydrogens (tertiary/aromatic N) is 4. The van der Waals surface area contributed by atoms with Crippen molar-refractivity contribution in [3.63, 3.8) is 0 Å². The summed E-state index contributed by atoms with van der Waals surface area (Å²) in [5.41, 5.74) is 0. The smallest absolute Gasteiger partial charge is 0.247 e. The van der Waals surface area contributed by atoms with E-state index in [0.717, 1.165) is 24.9 Å². The molecule has 0 radical (unpaired) electrons. The van der Waals surface area contributed by atoms with E-state index in [0.29, 0.717) is 6.04 Å². The molecule has 15 heavy (non-hydrogen) atoms. The first kappa shape index (κ1) is 8.88. The van der Waals surface area contributed by atoms with Crippen molar-refractivity contribution in [2.75, 3.05) is 23.3 Å². The monoisotopic (exact) mass is 205 g/mol. The Morgan fingerprint density at radius 2 is 2.07 bits per heavy atom. The molecule has 2 aliphatic rings. The van der Waals surface area contributed by atoms with E-state index in [9.17, 15) is 0 Å². The molecule has 1 aliphatic heterocycles. The highest BCUT2D eigenvalue weighted by atomic mass is 15.3. The Balaban J connectivity index is 1.75. The molecule has 0 atom stereocenters. The number of rotatable bonds is 3. The van der Waals surface area contributed by atoms with E-state index in [2.05, 4.69) is 25.4 Å². The summed E-state index contributed by atoms with van der Waals surface area (Å²) in [7, 11) is 0. The molecule has 80 valence electrons. The maximum Gasteiger partial charge on any atom is 0.247 e. The average molecular weight is 205 g/mol. The average Bonchev–Trinajstić information content (AvgIpc) is 2.91. The molecule has 2 heterocycles. The molecule has 0 aromatic carbocycles. The van der Waals surface area contributed by atoms with Gasteiger partial charge in [0.05, 0.1) is 6.20 Å². The lowest BCUT2D eigenvalue weighted by Crippen LogP contribution is -2.21. The van der Waals surface area contributed by atoms with Crippen LogP contribution in [0.25, 0.3) is 0 Å². The fraction of sp³-hybridized carbons (Fsp3) is 0.700. The Labute approximate surface area is 88.9 Å². The second-order valence-electron chi connectivity index (χ2n) is 4.25. The van der Waals surface area contributed by atoms with Gasteiger partial charge in [-0.2, -0.15) is 10.1 Å². The summed E-state index contributed by atoms with van der Waals surface area (Å²) in [4.78, 5) is 6.68. The third-order valence-electron chi connectivity index (χ3n) is 2.87. The molecule has 0 bridgehead atoms. The summed E-state index contributed by atoms with van der Waals surface area (Å²) in [5, 5.41) is 11.4. The Hall–Kier alpha value is -1.39. The van der Waals surface area contributed by atoms with E-state index in [1.807, 2.05) is 0 Å². The molecule has 0 unspecified atom stereocenters. The number of hydrogen-bond donors (Lipinski definition) is 1. The Kier molecular flexibility index (Phi) is 2.16. The standard InChI is InChI=1S/C10H15N5/c1-2-6-15(5-1)10-13-9(7-11-14-10)12-8-3-4-8/h7-8H,1-6H2,(H,12,13,14). The van der Waals surface area contributed by atoms with Crippen molar-refractivity contribution in [2.45, 2.75) is 31.7 Å². The van der Waals surface area contributed by atoms with Crippen LogP contribution in [0.4, 0.5) is 11.8 Å². The maximum absolute atomic E-state index is 4.48. The molecule has 1 aromatic heterocycles. The van der Waals surface area contributed by atoms with Gasteiger partial charge in [0.1, 0.15) is 0 Å². The van der Waals surface area contributed by atoms with E-state index < -0.39 is 0 Å². The normalized spacial score (nSPS) is 20.7. The van der Waals surface area contributed by atoms with Gasteiger partial charge in [0.15, 0.2) is 5.82 Å². The van der Waals surface area contributed by atoms with Crippen molar-refractivity contribution in [1.29, 1.82) is 0 Å². The zero-order valence-corrected chi connectivity index (χ0v) is 8.69. The van der Waals surface area contributed by atoms with Gasteiger partial charge in [0.2, 0.25) is 5.95 Å². The fourth-order valence-electron chi connectivity index (χ4n) is 1.85. The van der Waals surface area contributed by atoms with Gasteiger partial charge in [-0.25, -0.2) is 0 Å². The quantitative estimate of drug-likeness (QED) is 0.799. The molecule has 1 aliphatic carbocycles. The lowest BCUT2D eigenvalue weighted by atomic mass is 10.4. The number of anilines is 2. The minimum Gasteiger partial charge on any atom is -0.366 e. The molecule has 0 amide bonds. The topological polar surface area (TPSA) is 53.9 Å². The molecule has 5 nitrogen and oxygen atoms in total. The Morgan fingerprint density at radius 1 is 1.27 bits per heavy atom.